The third-order valence-corrected chi connectivity index (χ3v) is 6.17. The molecular weight excluding hydrogens is 390 g/mol. The van der Waals surface area contributed by atoms with Crippen LogP contribution >= 0.6 is 23.8 Å². The van der Waals surface area contributed by atoms with Gasteiger partial charge in [0.2, 0.25) is 0 Å². The van der Waals surface area contributed by atoms with Gasteiger partial charge >= 0.3 is 0 Å². The van der Waals surface area contributed by atoms with Crippen LogP contribution in [0.5, 0.6) is 0 Å². The van der Waals surface area contributed by atoms with Crippen molar-refractivity contribution >= 4 is 28.9 Å². The second-order valence-electron chi connectivity index (χ2n) is 9.59. The summed E-state index contributed by atoms with van der Waals surface area (Å²) >= 11 is 11.9. The van der Waals surface area contributed by atoms with Gasteiger partial charge in [-0.15, -0.1) is 0 Å². The summed E-state index contributed by atoms with van der Waals surface area (Å²) in [5, 5.41) is 8.99. The van der Waals surface area contributed by atoms with Gasteiger partial charge in [0.1, 0.15) is 0 Å². The largest absolute Gasteiger partial charge is 0.376 e. The third kappa shape index (κ3) is 6.31. The molecule has 0 saturated carbocycles. The fourth-order valence-electron chi connectivity index (χ4n) is 4.75. The minimum Gasteiger partial charge on any atom is -0.376 e. The molecule has 2 N–H and O–H groups in total. The minimum atomic E-state index is 0.0879. The molecule has 1 aromatic carbocycles. The molecule has 0 amide bonds. The van der Waals surface area contributed by atoms with Gasteiger partial charge in [-0.25, -0.2) is 0 Å². The van der Waals surface area contributed by atoms with E-state index in [4.69, 9.17) is 28.6 Å². The van der Waals surface area contributed by atoms with Crippen molar-refractivity contribution < 1.29 is 4.74 Å². The van der Waals surface area contributed by atoms with Crippen LogP contribution in [0, 0.1) is 0 Å². The molecule has 1 aromatic rings. The van der Waals surface area contributed by atoms with E-state index >= 15 is 0 Å². The minimum absolute atomic E-state index is 0.0879. The van der Waals surface area contributed by atoms with E-state index in [2.05, 4.69) is 55.4 Å². The Balaban J connectivity index is 1.69. The average Bonchev–Trinajstić information content (AvgIpc) is 3.06. The fourth-order valence-corrected chi connectivity index (χ4v) is 5.19. The molecule has 2 fully saturated rings. The zero-order valence-electron chi connectivity index (χ0n) is 17.6. The Kier molecular flexibility index (Phi) is 6.91. The Bertz CT molecular complexity index is 655. The van der Waals surface area contributed by atoms with E-state index < -0.39 is 0 Å². The number of ether oxygens (including phenoxy) is 1. The van der Waals surface area contributed by atoms with E-state index in [0.717, 1.165) is 55.5 Å². The third-order valence-electron chi connectivity index (χ3n) is 5.54. The van der Waals surface area contributed by atoms with Gasteiger partial charge in [-0.2, -0.15) is 0 Å². The molecule has 1 atom stereocenters. The predicted molar refractivity (Wildman–Crippen MR) is 121 cm³/mol. The van der Waals surface area contributed by atoms with Crippen molar-refractivity contribution in [3.8, 4) is 0 Å². The van der Waals surface area contributed by atoms with Crippen LogP contribution in [0.15, 0.2) is 24.3 Å². The topological polar surface area (TPSA) is 36.5 Å². The normalized spacial score (nSPS) is 24.1. The Morgan fingerprint density at radius 2 is 1.86 bits per heavy atom. The van der Waals surface area contributed by atoms with Gasteiger partial charge in [0.15, 0.2) is 5.11 Å². The van der Waals surface area contributed by atoms with Crippen LogP contribution in [0.25, 0.3) is 0 Å². The molecule has 0 radical (unpaired) electrons. The quantitative estimate of drug-likeness (QED) is 0.681. The molecule has 2 aliphatic heterocycles. The SMILES string of the molecule is CC1(C)CC(NC(=S)N(Cc2ccc(Cl)cc2)CC2CCCO2)CC(C)(C)N1. The van der Waals surface area contributed by atoms with E-state index in [1.807, 2.05) is 12.1 Å². The first-order valence-corrected chi connectivity index (χ1v) is 11.1. The molecule has 2 saturated heterocycles. The molecule has 6 heteroatoms. The van der Waals surface area contributed by atoms with E-state index in [-0.39, 0.29) is 17.2 Å². The van der Waals surface area contributed by atoms with Crippen molar-refractivity contribution in [2.45, 2.75) is 83.1 Å². The van der Waals surface area contributed by atoms with Gasteiger partial charge in [0.05, 0.1) is 6.10 Å². The monoisotopic (exact) mass is 423 g/mol. The number of thiocarbonyl (C=S) groups is 1. The second-order valence-corrected chi connectivity index (χ2v) is 10.4. The summed E-state index contributed by atoms with van der Waals surface area (Å²) < 4.78 is 5.89. The molecule has 2 aliphatic rings. The van der Waals surface area contributed by atoms with Crippen molar-refractivity contribution in [2.24, 2.45) is 0 Å². The van der Waals surface area contributed by atoms with E-state index in [0.29, 0.717) is 6.04 Å². The first-order valence-electron chi connectivity index (χ1n) is 10.3. The number of nitrogens with zero attached hydrogens (tertiary/aromatic N) is 1. The smallest absolute Gasteiger partial charge is 0.169 e. The van der Waals surface area contributed by atoms with Crippen molar-refractivity contribution in [3.63, 3.8) is 0 Å². The molecule has 4 nitrogen and oxygen atoms in total. The summed E-state index contributed by atoms with van der Waals surface area (Å²) in [6, 6.07) is 8.38. The standard InChI is InChI=1S/C22H34ClN3OS/c1-21(2)12-18(13-22(3,4)25-21)24-20(28)26(15-19-6-5-11-27-19)14-16-7-9-17(23)10-8-16/h7-10,18-19,25H,5-6,11-15H2,1-4H3,(H,24,28). The van der Waals surface area contributed by atoms with Crippen LogP contribution in [0.2, 0.25) is 5.02 Å². The second kappa shape index (κ2) is 8.86. The molecule has 0 aliphatic carbocycles. The summed E-state index contributed by atoms with van der Waals surface area (Å²) in [4.78, 5) is 2.26. The van der Waals surface area contributed by atoms with Crippen molar-refractivity contribution in [3.05, 3.63) is 34.9 Å². The van der Waals surface area contributed by atoms with Gasteiger partial charge in [-0.1, -0.05) is 23.7 Å². The predicted octanol–water partition coefficient (Wildman–Crippen LogP) is 4.50. The molecule has 28 heavy (non-hydrogen) atoms. The number of hydrogen-bond donors (Lipinski definition) is 2. The number of rotatable bonds is 5. The Morgan fingerprint density at radius 1 is 1.21 bits per heavy atom. The molecule has 3 rings (SSSR count). The lowest BCUT2D eigenvalue weighted by molar-refractivity contribution is 0.0887. The van der Waals surface area contributed by atoms with Crippen LogP contribution in [-0.4, -0.2) is 46.4 Å². The van der Waals surface area contributed by atoms with Crippen LogP contribution < -0.4 is 10.6 Å². The highest BCUT2D eigenvalue weighted by molar-refractivity contribution is 7.80. The van der Waals surface area contributed by atoms with Gasteiger partial charge in [0.25, 0.3) is 0 Å². The maximum atomic E-state index is 6.05. The zero-order valence-corrected chi connectivity index (χ0v) is 19.1. The average molecular weight is 424 g/mol. The van der Waals surface area contributed by atoms with Crippen LogP contribution in [0.3, 0.4) is 0 Å². The summed E-state index contributed by atoms with van der Waals surface area (Å²) in [5.74, 6) is 0. The Labute approximate surface area is 180 Å². The van der Waals surface area contributed by atoms with Gasteiger partial charge in [-0.3, -0.25) is 0 Å². The summed E-state index contributed by atoms with van der Waals surface area (Å²) in [6.45, 7) is 11.5. The van der Waals surface area contributed by atoms with Crippen molar-refractivity contribution in [1.29, 1.82) is 0 Å². The number of hydrogen-bond acceptors (Lipinski definition) is 3. The Morgan fingerprint density at radius 3 is 2.43 bits per heavy atom. The van der Waals surface area contributed by atoms with Gasteiger partial charge in [0, 0.05) is 41.8 Å². The number of benzene rings is 1. The lowest BCUT2D eigenvalue weighted by Gasteiger charge is -2.47. The fraction of sp³-hybridized carbons (Fsp3) is 0.682. The molecule has 0 spiro atoms. The van der Waals surface area contributed by atoms with E-state index in [9.17, 15) is 0 Å². The maximum absolute atomic E-state index is 6.05. The van der Waals surface area contributed by atoms with E-state index in [1.54, 1.807) is 0 Å². The molecule has 156 valence electrons. The van der Waals surface area contributed by atoms with Gasteiger partial charge in [-0.05, 0) is 83.3 Å². The Hall–Kier alpha value is -0.880. The first-order chi connectivity index (χ1) is 13.1. The molecular formula is C22H34ClN3OS. The van der Waals surface area contributed by atoms with Crippen molar-refractivity contribution in [2.75, 3.05) is 13.2 Å². The number of piperidine rings is 1. The highest BCUT2D eigenvalue weighted by Crippen LogP contribution is 2.29. The number of halogens is 1. The van der Waals surface area contributed by atoms with Gasteiger partial charge < -0.3 is 20.3 Å². The van der Waals surface area contributed by atoms with Crippen LogP contribution in [-0.2, 0) is 11.3 Å². The van der Waals surface area contributed by atoms with Crippen molar-refractivity contribution in [1.82, 2.24) is 15.5 Å². The lowest BCUT2D eigenvalue weighted by Crippen LogP contribution is -2.63. The zero-order chi connectivity index (χ0) is 20.4. The molecule has 0 bridgehead atoms. The van der Waals surface area contributed by atoms with Crippen LogP contribution in [0.1, 0.15) is 58.9 Å². The highest BCUT2D eigenvalue weighted by Gasteiger charge is 2.38. The molecule has 0 aromatic heterocycles. The lowest BCUT2D eigenvalue weighted by atomic mass is 9.80. The summed E-state index contributed by atoms with van der Waals surface area (Å²) in [6.07, 6.45) is 4.59. The number of nitrogens with one attached hydrogen (secondary N) is 2. The highest BCUT2D eigenvalue weighted by atomic mass is 35.5. The first kappa shape index (κ1) is 21.8. The maximum Gasteiger partial charge on any atom is 0.169 e. The summed E-state index contributed by atoms with van der Waals surface area (Å²) in [5.41, 5.74) is 1.38. The summed E-state index contributed by atoms with van der Waals surface area (Å²) in [7, 11) is 0. The molecule has 1 unspecified atom stereocenters. The van der Waals surface area contributed by atoms with E-state index in [1.165, 1.54) is 5.56 Å². The van der Waals surface area contributed by atoms with Crippen LogP contribution in [0.4, 0.5) is 0 Å². The molecule has 2 heterocycles.